The smallest absolute Gasteiger partial charge is 0.229 e. The summed E-state index contributed by atoms with van der Waals surface area (Å²) >= 11 is 0. The van der Waals surface area contributed by atoms with Gasteiger partial charge in [-0.2, -0.15) is 4.98 Å². The molecule has 5 nitrogen and oxygen atoms in total. The SMILES string of the molecule is Cc1cc(Nc2ncc(F)c(N)n2)cc(C)c1O. The second kappa shape index (κ2) is 4.48. The van der Waals surface area contributed by atoms with Crippen molar-refractivity contribution in [3.63, 3.8) is 0 Å². The molecular weight excluding hydrogens is 235 g/mol. The summed E-state index contributed by atoms with van der Waals surface area (Å²) in [5.74, 6) is -0.406. The minimum atomic E-state index is -0.654. The second-order valence-corrected chi connectivity index (χ2v) is 4.01. The lowest BCUT2D eigenvalue weighted by molar-refractivity contribution is 0.467. The van der Waals surface area contributed by atoms with Gasteiger partial charge < -0.3 is 16.2 Å². The zero-order chi connectivity index (χ0) is 13.3. The number of phenols is 1. The van der Waals surface area contributed by atoms with Crippen LogP contribution in [0.15, 0.2) is 18.3 Å². The van der Waals surface area contributed by atoms with E-state index < -0.39 is 5.82 Å². The van der Waals surface area contributed by atoms with E-state index in [0.29, 0.717) is 5.69 Å². The molecule has 0 atom stereocenters. The number of hydrogen-bond acceptors (Lipinski definition) is 5. The quantitative estimate of drug-likeness (QED) is 0.710. The molecule has 0 aliphatic rings. The Bertz CT molecular complexity index is 578. The minimum absolute atomic E-state index is 0.207. The van der Waals surface area contributed by atoms with E-state index in [0.717, 1.165) is 17.3 Å². The molecule has 1 aromatic heterocycles. The van der Waals surface area contributed by atoms with Crippen molar-refractivity contribution in [1.82, 2.24) is 9.97 Å². The fourth-order valence-electron chi connectivity index (χ4n) is 1.60. The summed E-state index contributed by atoms with van der Waals surface area (Å²) in [4.78, 5) is 7.54. The molecular formula is C12H13FN4O. The van der Waals surface area contributed by atoms with Crippen LogP contribution in [0.2, 0.25) is 0 Å². The van der Waals surface area contributed by atoms with Crippen LogP contribution in [-0.4, -0.2) is 15.1 Å². The summed E-state index contributed by atoms with van der Waals surface area (Å²) in [5, 5.41) is 12.5. The standard InChI is InChI=1S/C12H13FN4O/c1-6-3-8(4-7(2)10(6)18)16-12-15-5-9(13)11(14)17-12/h3-5,18H,1-2H3,(H3,14,15,16,17). The van der Waals surface area contributed by atoms with Crippen LogP contribution in [0.3, 0.4) is 0 Å². The molecule has 94 valence electrons. The van der Waals surface area contributed by atoms with Gasteiger partial charge in [-0.15, -0.1) is 0 Å². The monoisotopic (exact) mass is 248 g/mol. The number of nitrogens with one attached hydrogen (secondary N) is 1. The molecule has 0 saturated carbocycles. The van der Waals surface area contributed by atoms with E-state index in [9.17, 15) is 9.50 Å². The number of rotatable bonds is 2. The first-order chi connectivity index (χ1) is 8.47. The van der Waals surface area contributed by atoms with Gasteiger partial charge in [-0.1, -0.05) is 0 Å². The van der Waals surface area contributed by atoms with Crippen molar-refractivity contribution in [3.8, 4) is 5.75 Å². The average molecular weight is 248 g/mol. The Morgan fingerprint density at radius 2 is 1.89 bits per heavy atom. The van der Waals surface area contributed by atoms with Crippen molar-refractivity contribution in [2.75, 3.05) is 11.1 Å². The van der Waals surface area contributed by atoms with Crippen LogP contribution in [0.25, 0.3) is 0 Å². The summed E-state index contributed by atoms with van der Waals surface area (Å²) in [6, 6.07) is 3.48. The van der Waals surface area contributed by atoms with Gasteiger partial charge in [0.25, 0.3) is 0 Å². The van der Waals surface area contributed by atoms with Crippen LogP contribution in [-0.2, 0) is 0 Å². The van der Waals surface area contributed by atoms with Gasteiger partial charge in [0, 0.05) is 5.69 Å². The van der Waals surface area contributed by atoms with E-state index in [4.69, 9.17) is 5.73 Å². The maximum Gasteiger partial charge on any atom is 0.229 e. The second-order valence-electron chi connectivity index (χ2n) is 4.01. The fraction of sp³-hybridized carbons (Fsp3) is 0.167. The third kappa shape index (κ3) is 2.32. The molecule has 2 aromatic rings. The van der Waals surface area contributed by atoms with Crippen LogP contribution in [0.1, 0.15) is 11.1 Å². The van der Waals surface area contributed by atoms with Gasteiger partial charge in [0.15, 0.2) is 11.6 Å². The van der Waals surface area contributed by atoms with E-state index in [1.165, 1.54) is 0 Å². The molecule has 6 heteroatoms. The van der Waals surface area contributed by atoms with Crippen molar-refractivity contribution >= 4 is 17.5 Å². The lowest BCUT2D eigenvalue weighted by atomic mass is 10.1. The summed E-state index contributed by atoms with van der Waals surface area (Å²) in [6.45, 7) is 3.57. The third-order valence-corrected chi connectivity index (χ3v) is 2.52. The third-order valence-electron chi connectivity index (χ3n) is 2.52. The number of hydrogen-bond donors (Lipinski definition) is 3. The molecule has 2 rings (SSSR count). The highest BCUT2D eigenvalue weighted by Crippen LogP contribution is 2.26. The number of aromatic nitrogens is 2. The Balaban J connectivity index is 2.31. The summed E-state index contributed by atoms with van der Waals surface area (Å²) in [6.07, 6.45) is 1.00. The number of aromatic hydroxyl groups is 1. The largest absolute Gasteiger partial charge is 0.507 e. The first kappa shape index (κ1) is 12.1. The molecule has 0 radical (unpaired) electrons. The molecule has 0 unspecified atom stereocenters. The van der Waals surface area contributed by atoms with Crippen LogP contribution in [0.4, 0.5) is 21.8 Å². The molecule has 0 aliphatic carbocycles. The van der Waals surface area contributed by atoms with Crippen molar-refractivity contribution in [2.45, 2.75) is 13.8 Å². The molecule has 0 fully saturated rings. The van der Waals surface area contributed by atoms with Gasteiger partial charge in [-0.25, -0.2) is 9.37 Å². The first-order valence-corrected chi connectivity index (χ1v) is 5.32. The molecule has 0 aliphatic heterocycles. The van der Waals surface area contributed by atoms with Crippen LogP contribution in [0, 0.1) is 19.7 Å². The first-order valence-electron chi connectivity index (χ1n) is 5.32. The lowest BCUT2D eigenvalue weighted by Crippen LogP contribution is -2.02. The fourth-order valence-corrected chi connectivity index (χ4v) is 1.60. The van der Waals surface area contributed by atoms with Crippen molar-refractivity contribution in [1.29, 1.82) is 0 Å². The minimum Gasteiger partial charge on any atom is -0.507 e. The topological polar surface area (TPSA) is 84.1 Å². The maximum absolute atomic E-state index is 12.9. The van der Waals surface area contributed by atoms with Crippen molar-refractivity contribution in [2.24, 2.45) is 0 Å². The number of anilines is 3. The molecule has 18 heavy (non-hydrogen) atoms. The number of aryl methyl sites for hydroxylation is 2. The highest BCUT2D eigenvalue weighted by atomic mass is 19.1. The van der Waals surface area contributed by atoms with Gasteiger partial charge in [-0.3, -0.25) is 0 Å². The Labute approximate surface area is 104 Å². The maximum atomic E-state index is 12.9. The summed E-state index contributed by atoms with van der Waals surface area (Å²) in [7, 11) is 0. The summed E-state index contributed by atoms with van der Waals surface area (Å²) in [5.41, 5.74) is 7.51. The van der Waals surface area contributed by atoms with Crippen LogP contribution in [0.5, 0.6) is 5.75 Å². The summed E-state index contributed by atoms with van der Waals surface area (Å²) < 4.78 is 12.9. The van der Waals surface area contributed by atoms with E-state index in [1.54, 1.807) is 26.0 Å². The normalized spacial score (nSPS) is 10.4. The number of halogens is 1. The number of benzene rings is 1. The molecule has 0 amide bonds. The van der Waals surface area contributed by atoms with Crippen molar-refractivity contribution < 1.29 is 9.50 Å². The van der Waals surface area contributed by atoms with Crippen molar-refractivity contribution in [3.05, 3.63) is 35.3 Å². The Morgan fingerprint density at radius 1 is 1.28 bits per heavy atom. The van der Waals surface area contributed by atoms with E-state index in [1.807, 2.05) is 0 Å². The predicted octanol–water partition coefficient (Wildman–Crippen LogP) is 2.26. The average Bonchev–Trinajstić information content (AvgIpc) is 2.31. The zero-order valence-corrected chi connectivity index (χ0v) is 10.0. The Hall–Kier alpha value is -2.37. The van der Waals surface area contributed by atoms with Gasteiger partial charge >= 0.3 is 0 Å². The van der Waals surface area contributed by atoms with Gasteiger partial charge in [-0.05, 0) is 37.1 Å². The highest BCUT2D eigenvalue weighted by molar-refractivity contribution is 5.60. The Kier molecular flexibility index (Phi) is 3.01. The van der Waals surface area contributed by atoms with Gasteiger partial charge in [0.1, 0.15) is 5.75 Å². The Morgan fingerprint density at radius 3 is 2.44 bits per heavy atom. The van der Waals surface area contributed by atoms with Gasteiger partial charge in [0.05, 0.1) is 6.20 Å². The van der Waals surface area contributed by atoms with Crippen LogP contribution < -0.4 is 11.1 Å². The molecule has 1 heterocycles. The number of phenolic OH excluding ortho intramolecular Hbond substituents is 1. The van der Waals surface area contributed by atoms with E-state index in [-0.39, 0.29) is 17.5 Å². The highest BCUT2D eigenvalue weighted by Gasteiger charge is 2.06. The number of nitrogens with zero attached hydrogens (tertiary/aromatic N) is 2. The molecule has 0 spiro atoms. The molecule has 1 aromatic carbocycles. The van der Waals surface area contributed by atoms with E-state index >= 15 is 0 Å². The number of nitrogens with two attached hydrogens (primary N) is 1. The van der Waals surface area contributed by atoms with E-state index in [2.05, 4.69) is 15.3 Å². The molecule has 0 saturated heterocycles. The number of nitrogen functional groups attached to an aromatic ring is 1. The molecule has 4 N–H and O–H groups in total. The predicted molar refractivity (Wildman–Crippen MR) is 67.3 cm³/mol. The van der Waals surface area contributed by atoms with Gasteiger partial charge in [0.2, 0.25) is 5.95 Å². The molecule has 0 bridgehead atoms. The lowest BCUT2D eigenvalue weighted by Gasteiger charge is -2.09. The zero-order valence-electron chi connectivity index (χ0n) is 10.0. The van der Waals surface area contributed by atoms with Crippen LogP contribution >= 0.6 is 0 Å².